The van der Waals surface area contributed by atoms with E-state index in [1.807, 2.05) is 54.6 Å². The van der Waals surface area contributed by atoms with E-state index in [0.717, 1.165) is 31.2 Å². The van der Waals surface area contributed by atoms with E-state index in [4.69, 9.17) is 16.3 Å². The lowest BCUT2D eigenvalue weighted by molar-refractivity contribution is -0.140. The minimum Gasteiger partial charge on any atom is -0.497 e. The molecule has 30 heavy (non-hydrogen) atoms. The fraction of sp³-hybridized carbons (Fsp3) is 0.417. The molecule has 0 bridgehead atoms. The molecule has 1 atom stereocenters. The van der Waals surface area contributed by atoms with Crippen LogP contribution in [0.2, 0.25) is 0 Å². The van der Waals surface area contributed by atoms with Crippen molar-refractivity contribution in [1.82, 2.24) is 10.2 Å². The van der Waals surface area contributed by atoms with Crippen LogP contribution in [0.4, 0.5) is 0 Å². The normalized spacial score (nSPS) is 15.3. The summed E-state index contributed by atoms with van der Waals surface area (Å²) in [6, 6.07) is 16.3. The molecular weight excluding hydrogens is 400 g/mol. The first-order valence-corrected chi connectivity index (χ1v) is 11.0. The number of hydrogen-bond donors (Lipinski definition) is 1. The number of hydrogen-bond acceptors (Lipinski definition) is 3. The number of rotatable bonds is 8. The number of benzene rings is 2. The van der Waals surface area contributed by atoms with E-state index in [-0.39, 0.29) is 23.7 Å². The van der Waals surface area contributed by atoms with Gasteiger partial charge in [0, 0.05) is 12.6 Å². The van der Waals surface area contributed by atoms with Crippen molar-refractivity contribution in [2.75, 3.05) is 13.0 Å². The smallest absolute Gasteiger partial charge is 0.247 e. The van der Waals surface area contributed by atoms with Crippen LogP contribution in [-0.4, -0.2) is 35.7 Å². The highest BCUT2D eigenvalue weighted by Crippen LogP contribution is 2.28. The maximum atomic E-state index is 13.5. The van der Waals surface area contributed by atoms with Gasteiger partial charge in [-0.3, -0.25) is 9.59 Å². The summed E-state index contributed by atoms with van der Waals surface area (Å²) in [4.78, 5) is 27.9. The first-order chi connectivity index (χ1) is 14.6. The monoisotopic (exact) mass is 428 g/mol. The molecule has 0 aliphatic heterocycles. The molecule has 6 heteroatoms. The predicted molar refractivity (Wildman–Crippen MR) is 118 cm³/mol. The lowest BCUT2D eigenvalue weighted by Gasteiger charge is -2.33. The summed E-state index contributed by atoms with van der Waals surface area (Å²) in [6.45, 7) is 0.298. The maximum absolute atomic E-state index is 13.5. The standard InChI is InChI=1S/C24H29ClN2O3/c1-30-21-14-8-11-19(15-21)23(24(29)26-20-12-6-3-7-13-20)27(22(28)16-25)17-18-9-4-2-5-10-18/h2,4-5,8-11,14-15,20,23H,3,6-7,12-13,16-17H2,1H3,(H,26,29)/t23-/m0/s1. The van der Waals surface area contributed by atoms with Crippen molar-refractivity contribution in [1.29, 1.82) is 0 Å². The van der Waals surface area contributed by atoms with E-state index in [0.29, 0.717) is 17.9 Å². The minimum absolute atomic E-state index is 0.143. The maximum Gasteiger partial charge on any atom is 0.247 e. The second kappa shape index (κ2) is 11.0. The lowest BCUT2D eigenvalue weighted by atomic mass is 9.94. The van der Waals surface area contributed by atoms with E-state index in [1.165, 1.54) is 6.42 Å². The highest BCUT2D eigenvalue weighted by Gasteiger charge is 2.32. The van der Waals surface area contributed by atoms with E-state index in [2.05, 4.69) is 5.32 Å². The van der Waals surface area contributed by atoms with E-state index in [9.17, 15) is 9.59 Å². The molecule has 0 aromatic heterocycles. The number of amides is 2. The van der Waals surface area contributed by atoms with Crippen LogP contribution >= 0.6 is 11.6 Å². The summed E-state index contributed by atoms with van der Waals surface area (Å²) >= 11 is 5.95. The van der Waals surface area contributed by atoms with Gasteiger partial charge in [0.2, 0.25) is 11.8 Å². The summed E-state index contributed by atoms with van der Waals surface area (Å²) in [5.41, 5.74) is 1.64. The first kappa shape index (κ1) is 22.2. The summed E-state index contributed by atoms with van der Waals surface area (Å²) in [7, 11) is 1.59. The SMILES string of the molecule is COc1cccc([C@@H](C(=O)NC2CCCCC2)N(Cc2ccccc2)C(=O)CCl)c1. The predicted octanol–water partition coefficient (Wildman–Crippen LogP) is 4.45. The molecule has 160 valence electrons. The van der Waals surface area contributed by atoms with Crippen LogP contribution < -0.4 is 10.1 Å². The third kappa shape index (κ3) is 5.76. The third-order valence-corrected chi connectivity index (χ3v) is 5.78. The Morgan fingerprint density at radius 1 is 1.10 bits per heavy atom. The van der Waals surface area contributed by atoms with Gasteiger partial charge in [-0.05, 0) is 36.1 Å². The third-order valence-electron chi connectivity index (χ3n) is 5.55. The number of ether oxygens (including phenoxy) is 1. The van der Waals surface area contributed by atoms with Crippen LogP contribution in [0.25, 0.3) is 0 Å². The Labute approximate surface area is 183 Å². The molecule has 0 radical (unpaired) electrons. The highest BCUT2D eigenvalue weighted by molar-refractivity contribution is 6.27. The van der Waals surface area contributed by atoms with Gasteiger partial charge in [-0.2, -0.15) is 0 Å². The Morgan fingerprint density at radius 3 is 2.50 bits per heavy atom. The summed E-state index contributed by atoms with van der Waals surface area (Å²) in [5.74, 6) is -0.0121. The molecular formula is C24H29ClN2O3. The van der Waals surface area contributed by atoms with Crippen LogP contribution in [0.15, 0.2) is 54.6 Å². The van der Waals surface area contributed by atoms with Gasteiger partial charge in [-0.25, -0.2) is 0 Å². The molecule has 0 unspecified atom stereocenters. The number of nitrogens with zero attached hydrogens (tertiary/aromatic N) is 1. The molecule has 2 amide bonds. The molecule has 1 aliphatic carbocycles. The van der Waals surface area contributed by atoms with Gasteiger partial charge in [-0.15, -0.1) is 11.6 Å². The van der Waals surface area contributed by atoms with Crippen molar-refractivity contribution in [2.24, 2.45) is 0 Å². The molecule has 2 aromatic rings. The fourth-order valence-electron chi connectivity index (χ4n) is 3.99. The van der Waals surface area contributed by atoms with Crippen molar-refractivity contribution >= 4 is 23.4 Å². The summed E-state index contributed by atoms with van der Waals surface area (Å²) < 4.78 is 5.36. The Kier molecular flexibility index (Phi) is 8.14. The number of nitrogens with one attached hydrogen (secondary N) is 1. The summed E-state index contributed by atoms with van der Waals surface area (Å²) in [5, 5.41) is 3.18. The Morgan fingerprint density at radius 2 is 1.83 bits per heavy atom. The van der Waals surface area contributed by atoms with Gasteiger partial charge in [0.1, 0.15) is 17.7 Å². The van der Waals surface area contributed by atoms with Gasteiger partial charge < -0.3 is 15.0 Å². The van der Waals surface area contributed by atoms with Crippen LogP contribution in [0.3, 0.4) is 0 Å². The van der Waals surface area contributed by atoms with Crippen LogP contribution in [-0.2, 0) is 16.1 Å². The molecule has 1 aliphatic rings. The molecule has 0 saturated heterocycles. The van der Waals surface area contributed by atoms with Crippen molar-refractivity contribution < 1.29 is 14.3 Å². The minimum atomic E-state index is -0.784. The molecule has 1 fully saturated rings. The molecule has 0 heterocycles. The molecule has 0 spiro atoms. The zero-order valence-corrected chi connectivity index (χ0v) is 18.1. The average Bonchev–Trinajstić information content (AvgIpc) is 2.79. The van der Waals surface area contributed by atoms with E-state index in [1.54, 1.807) is 12.0 Å². The number of carbonyl (C=O) groups excluding carboxylic acids is 2. The van der Waals surface area contributed by atoms with Crippen molar-refractivity contribution in [3.63, 3.8) is 0 Å². The van der Waals surface area contributed by atoms with Crippen molar-refractivity contribution in [2.45, 2.75) is 50.7 Å². The Hall–Kier alpha value is -2.53. The van der Waals surface area contributed by atoms with Gasteiger partial charge >= 0.3 is 0 Å². The number of halogens is 1. The Bertz CT molecular complexity index is 837. The van der Waals surface area contributed by atoms with Gasteiger partial charge in [0.25, 0.3) is 0 Å². The van der Waals surface area contributed by atoms with Crippen LogP contribution in [0.1, 0.15) is 49.3 Å². The fourth-order valence-corrected chi connectivity index (χ4v) is 4.15. The first-order valence-electron chi connectivity index (χ1n) is 10.5. The largest absolute Gasteiger partial charge is 0.497 e. The Balaban J connectivity index is 1.95. The van der Waals surface area contributed by atoms with Crippen molar-refractivity contribution in [3.05, 3.63) is 65.7 Å². The molecule has 1 saturated carbocycles. The quantitative estimate of drug-likeness (QED) is 0.632. The second-order valence-electron chi connectivity index (χ2n) is 7.66. The van der Waals surface area contributed by atoms with E-state index < -0.39 is 6.04 Å². The van der Waals surface area contributed by atoms with Crippen molar-refractivity contribution in [3.8, 4) is 5.75 Å². The summed E-state index contributed by atoms with van der Waals surface area (Å²) in [6.07, 6.45) is 5.38. The van der Waals surface area contributed by atoms with E-state index >= 15 is 0 Å². The zero-order valence-electron chi connectivity index (χ0n) is 17.4. The van der Waals surface area contributed by atoms with Crippen LogP contribution in [0.5, 0.6) is 5.75 Å². The van der Waals surface area contributed by atoms with Crippen LogP contribution in [0, 0.1) is 0 Å². The van der Waals surface area contributed by atoms with Gasteiger partial charge in [0.05, 0.1) is 7.11 Å². The molecule has 1 N–H and O–H groups in total. The number of alkyl halides is 1. The number of carbonyl (C=O) groups is 2. The van der Waals surface area contributed by atoms with Gasteiger partial charge in [-0.1, -0.05) is 61.7 Å². The second-order valence-corrected chi connectivity index (χ2v) is 7.93. The molecule has 5 nitrogen and oxygen atoms in total. The lowest BCUT2D eigenvalue weighted by Crippen LogP contribution is -2.47. The number of methoxy groups -OCH3 is 1. The van der Waals surface area contributed by atoms with Gasteiger partial charge in [0.15, 0.2) is 0 Å². The molecule has 2 aromatic carbocycles. The molecule has 3 rings (SSSR count). The zero-order chi connectivity index (χ0) is 21.3. The topological polar surface area (TPSA) is 58.6 Å². The average molecular weight is 429 g/mol. The highest BCUT2D eigenvalue weighted by atomic mass is 35.5.